The van der Waals surface area contributed by atoms with Gasteiger partial charge in [0.25, 0.3) is 5.91 Å². The first-order chi connectivity index (χ1) is 9.75. The number of anilines is 1. The first kappa shape index (κ1) is 19.0. The van der Waals surface area contributed by atoms with Gasteiger partial charge in [-0.3, -0.25) is 4.79 Å². The van der Waals surface area contributed by atoms with Crippen LogP contribution in [0, 0.1) is 0 Å². The first-order valence-electron chi connectivity index (χ1n) is 7.16. The van der Waals surface area contributed by atoms with E-state index in [2.05, 4.69) is 29.4 Å². The molecule has 2 aliphatic rings. The van der Waals surface area contributed by atoms with E-state index >= 15 is 0 Å². The topological polar surface area (TPSA) is 44.8 Å². The van der Waals surface area contributed by atoms with Crippen LogP contribution in [-0.2, 0) is 16.1 Å². The third-order valence-electron chi connectivity index (χ3n) is 3.98. The van der Waals surface area contributed by atoms with E-state index in [0.29, 0.717) is 19.7 Å². The third-order valence-corrected chi connectivity index (χ3v) is 3.98. The van der Waals surface area contributed by atoms with Crippen LogP contribution < -0.4 is 10.2 Å². The molecule has 7 heteroatoms. The molecule has 0 aromatic heterocycles. The van der Waals surface area contributed by atoms with Gasteiger partial charge in [0.05, 0.1) is 6.61 Å². The van der Waals surface area contributed by atoms with Crippen molar-refractivity contribution < 1.29 is 9.53 Å². The third kappa shape index (κ3) is 4.04. The highest BCUT2D eigenvalue weighted by molar-refractivity contribution is 5.85. The largest absolute Gasteiger partial charge is 0.373 e. The number of fused-ring (bicyclic) bond motifs is 1. The predicted octanol–water partition coefficient (Wildman–Crippen LogP) is 1.30. The zero-order valence-electron chi connectivity index (χ0n) is 12.7. The van der Waals surface area contributed by atoms with E-state index in [9.17, 15) is 4.79 Å². The van der Waals surface area contributed by atoms with Gasteiger partial charge in [-0.15, -0.1) is 24.8 Å². The van der Waals surface area contributed by atoms with E-state index in [1.807, 2.05) is 17.0 Å². The zero-order chi connectivity index (χ0) is 13.9. The number of likely N-dealkylation sites (N-methyl/N-ethyl adjacent to an activating group) is 1. The number of halogens is 2. The number of amides is 1. The summed E-state index contributed by atoms with van der Waals surface area (Å²) in [6, 6.07) is 8.28. The fourth-order valence-electron chi connectivity index (χ4n) is 2.81. The van der Waals surface area contributed by atoms with E-state index in [1.165, 1.54) is 11.3 Å². The Bertz CT molecular complexity index is 495. The Morgan fingerprint density at radius 1 is 1.27 bits per heavy atom. The van der Waals surface area contributed by atoms with Crippen molar-refractivity contribution in [3.05, 3.63) is 29.8 Å². The normalized spacial score (nSPS) is 21.0. The molecule has 2 aliphatic heterocycles. The fraction of sp³-hybridized carbons (Fsp3) is 0.533. The maximum atomic E-state index is 12.6. The summed E-state index contributed by atoms with van der Waals surface area (Å²) in [4.78, 5) is 16.7. The van der Waals surface area contributed by atoms with Gasteiger partial charge in [-0.1, -0.05) is 18.2 Å². The monoisotopic (exact) mass is 347 g/mol. The molecule has 1 aromatic rings. The number of hydrogen-bond acceptors (Lipinski definition) is 4. The van der Waals surface area contributed by atoms with Crippen LogP contribution >= 0.6 is 24.8 Å². The standard InChI is InChI=1S/C15H21N3O2.2ClH/c1-17-7-8-18(11-12-4-2-3-5-13(12)17)15(19)14-10-16-6-9-20-14;;/h2-5,14,16H,6-11H2,1H3;2*1H. The van der Waals surface area contributed by atoms with Crippen LogP contribution in [0.25, 0.3) is 0 Å². The van der Waals surface area contributed by atoms with Crippen molar-refractivity contribution in [2.75, 3.05) is 44.7 Å². The Hall–Kier alpha value is -1.01. The molecule has 1 N–H and O–H groups in total. The minimum Gasteiger partial charge on any atom is -0.373 e. The number of benzene rings is 1. The SMILES string of the molecule is CN1CCN(C(=O)C2CNCCO2)Cc2ccccc21.Cl.Cl. The highest BCUT2D eigenvalue weighted by Gasteiger charge is 2.29. The fourth-order valence-corrected chi connectivity index (χ4v) is 2.81. The van der Waals surface area contributed by atoms with Crippen molar-refractivity contribution in [1.82, 2.24) is 10.2 Å². The molecule has 124 valence electrons. The van der Waals surface area contributed by atoms with Crippen LogP contribution in [-0.4, -0.2) is 56.7 Å². The molecule has 1 amide bonds. The molecule has 0 bridgehead atoms. The molecule has 1 aromatic carbocycles. The molecule has 0 aliphatic carbocycles. The minimum absolute atomic E-state index is 0. The number of hydrogen-bond donors (Lipinski definition) is 1. The zero-order valence-corrected chi connectivity index (χ0v) is 14.3. The maximum Gasteiger partial charge on any atom is 0.253 e. The lowest BCUT2D eigenvalue weighted by Crippen LogP contribution is -2.49. The molecule has 5 nitrogen and oxygen atoms in total. The summed E-state index contributed by atoms with van der Waals surface area (Å²) in [5.41, 5.74) is 2.41. The van der Waals surface area contributed by atoms with Crippen molar-refractivity contribution >= 4 is 36.4 Å². The minimum atomic E-state index is -0.334. The van der Waals surface area contributed by atoms with Gasteiger partial charge >= 0.3 is 0 Å². The molecule has 3 rings (SSSR count). The van der Waals surface area contributed by atoms with Gasteiger partial charge in [-0.2, -0.15) is 0 Å². The highest BCUT2D eigenvalue weighted by atomic mass is 35.5. The molecule has 1 saturated heterocycles. The lowest BCUT2D eigenvalue weighted by Gasteiger charge is -2.29. The molecular formula is C15H23Cl2N3O2. The van der Waals surface area contributed by atoms with E-state index in [1.54, 1.807) is 0 Å². The molecular weight excluding hydrogens is 325 g/mol. The van der Waals surface area contributed by atoms with Gasteiger partial charge < -0.3 is 19.9 Å². The summed E-state index contributed by atoms with van der Waals surface area (Å²) in [6.07, 6.45) is -0.334. The van der Waals surface area contributed by atoms with Gasteiger partial charge in [-0.05, 0) is 11.6 Å². The Labute approximate surface area is 143 Å². The van der Waals surface area contributed by atoms with Crippen LogP contribution in [0.1, 0.15) is 5.56 Å². The molecule has 1 unspecified atom stereocenters. The van der Waals surface area contributed by atoms with Crippen LogP contribution in [0.4, 0.5) is 5.69 Å². The van der Waals surface area contributed by atoms with Crippen LogP contribution in [0.3, 0.4) is 0 Å². The van der Waals surface area contributed by atoms with Crippen molar-refractivity contribution in [3.63, 3.8) is 0 Å². The van der Waals surface area contributed by atoms with Crippen molar-refractivity contribution in [2.45, 2.75) is 12.6 Å². The second kappa shape index (κ2) is 8.58. The summed E-state index contributed by atoms with van der Waals surface area (Å²) in [6.45, 7) is 4.31. The van der Waals surface area contributed by atoms with Gasteiger partial charge in [0.15, 0.2) is 0 Å². The average molecular weight is 348 g/mol. The number of rotatable bonds is 1. The summed E-state index contributed by atoms with van der Waals surface area (Å²) in [5, 5.41) is 3.22. The summed E-state index contributed by atoms with van der Waals surface area (Å²) >= 11 is 0. The first-order valence-corrected chi connectivity index (χ1v) is 7.16. The van der Waals surface area contributed by atoms with Crippen LogP contribution in [0.5, 0.6) is 0 Å². The molecule has 22 heavy (non-hydrogen) atoms. The van der Waals surface area contributed by atoms with Gasteiger partial charge in [0, 0.05) is 45.5 Å². The molecule has 2 heterocycles. The summed E-state index contributed by atoms with van der Waals surface area (Å²) in [7, 11) is 2.07. The Kier molecular flexibility index (Phi) is 7.42. The average Bonchev–Trinajstić information content (AvgIpc) is 2.67. The molecule has 0 spiro atoms. The van der Waals surface area contributed by atoms with Crippen LogP contribution in [0.15, 0.2) is 24.3 Å². The van der Waals surface area contributed by atoms with E-state index < -0.39 is 0 Å². The van der Waals surface area contributed by atoms with E-state index in [4.69, 9.17) is 4.74 Å². The predicted molar refractivity (Wildman–Crippen MR) is 92.2 cm³/mol. The van der Waals surface area contributed by atoms with Gasteiger partial charge in [-0.25, -0.2) is 0 Å². The van der Waals surface area contributed by atoms with Gasteiger partial charge in [0.1, 0.15) is 6.10 Å². The summed E-state index contributed by atoms with van der Waals surface area (Å²) in [5.74, 6) is 0.0994. The lowest BCUT2D eigenvalue weighted by atomic mass is 10.1. The Morgan fingerprint density at radius 2 is 2.05 bits per heavy atom. The van der Waals surface area contributed by atoms with Crippen molar-refractivity contribution in [3.8, 4) is 0 Å². The molecule has 1 atom stereocenters. The van der Waals surface area contributed by atoms with Crippen molar-refractivity contribution in [2.24, 2.45) is 0 Å². The van der Waals surface area contributed by atoms with Crippen LogP contribution in [0.2, 0.25) is 0 Å². The van der Waals surface area contributed by atoms with E-state index in [0.717, 1.165) is 19.6 Å². The smallest absolute Gasteiger partial charge is 0.253 e. The molecule has 0 radical (unpaired) electrons. The van der Waals surface area contributed by atoms with Crippen molar-refractivity contribution in [1.29, 1.82) is 0 Å². The Morgan fingerprint density at radius 3 is 2.77 bits per heavy atom. The number of carbonyl (C=O) groups excluding carboxylic acids is 1. The number of para-hydroxylation sites is 1. The number of nitrogens with zero attached hydrogens (tertiary/aromatic N) is 2. The molecule has 0 saturated carbocycles. The number of nitrogens with one attached hydrogen (secondary N) is 1. The number of morpholine rings is 1. The quantitative estimate of drug-likeness (QED) is 0.831. The second-order valence-corrected chi connectivity index (χ2v) is 5.37. The lowest BCUT2D eigenvalue weighted by molar-refractivity contribution is -0.145. The van der Waals surface area contributed by atoms with E-state index in [-0.39, 0.29) is 36.8 Å². The molecule has 1 fully saturated rings. The maximum absolute atomic E-state index is 12.6. The highest BCUT2D eigenvalue weighted by Crippen LogP contribution is 2.24. The van der Waals surface area contributed by atoms with Gasteiger partial charge in [0.2, 0.25) is 0 Å². The number of ether oxygens (including phenoxy) is 1. The summed E-state index contributed by atoms with van der Waals surface area (Å²) < 4.78 is 5.58. The number of carbonyl (C=O) groups is 1. The second-order valence-electron chi connectivity index (χ2n) is 5.37. The Balaban J connectivity index is 0.00000121.